The molecule has 6 heteroatoms. The fourth-order valence-corrected chi connectivity index (χ4v) is 3.02. The molecule has 1 heterocycles. The van der Waals surface area contributed by atoms with Gasteiger partial charge in [0, 0.05) is 0 Å². The minimum Gasteiger partial charge on any atom is -0.480 e. The Bertz CT molecular complexity index is 451. The minimum atomic E-state index is -1.09. The maximum absolute atomic E-state index is 11.9. The Morgan fingerprint density at radius 2 is 2.00 bits per heavy atom. The average molecular weight is 274 g/mol. The summed E-state index contributed by atoms with van der Waals surface area (Å²) in [6.45, 7) is 0. The largest absolute Gasteiger partial charge is 0.480 e. The lowest BCUT2D eigenvalue weighted by molar-refractivity contribution is -0.144. The second kappa shape index (κ2) is 4.66. The molecular weight excluding hydrogens is 262 g/mol. The molecule has 1 fully saturated rings. The van der Waals surface area contributed by atoms with Crippen LogP contribution in [0.2, 0.25) is 4.34 Å². The van der Waals surface area contributed by atoms with Gasteiger partial charge in [-0.1, -0.05) is 24.4 Å². The highest BCUT2D eigenvalue weighted by molar-refractivity contribution is 7.18. The summed E-state index contributed by atoms with van der Waals surface area (Å²) in [5, 5.41) is 11.9. The quantitative estimate of drug-likeness (QED) is 0.889. The Morgan fingerprint density at radius 1 is 1.35 bits per heavy atom. The summed E-state index contributed by atoms with van der Waals surface area (Å²) in [4.78, 5) is 23.6. The van der Waals surface area contributed by atoms with Gasteiger partial charge in [-0.2, -0.15) is 0 Å². The maximum Gasteiger partial charge on any atom is 0.329 e. The van der Waals surface area contributed by atoms with Gasteiger partial charge in [0.05, 0.1) is 9.21 Å². The molecule has 1 aromatic heterocycles. The summed E-state index contributed by atoms with van der Waals surface area (Å²) in [7, 11) is 0. The van der Waals surface area contributed by atoms with Crippen molar-refractivity contribution < 1.29 is 14.7 Å². The van der Waals surface area contributed by atoms with Crippen LogP contribution in [0, 0.1) is 0 Å². The van der Waals surface area contributed by atoms with Gasteiger partial charge in [-0.15, -0.1) is 11.3 Å². The summed E-state index contributed by atoms with van der Waals surface area (Å²) < 4.78 is 0.519. The number of rotatable bonds is 3. The lowest BCUT2D eigenvalue weighted by Gasteiger charge is -2.24. The number of carbonyl (C=O) groups excluding carboxylic acids is 1. The van der Waals surface area contributed by atoms with Crippen molar-refractivity contribution in [3.8, 4) is 0 Å². The van der Waals surface area contributed by atoms with E-state index in [0.717, 1.165) is 24.2 Å². The van der Waals surface area contributed by atoms with E-state index >= 15 is 0 Å². The molecule has 1 aliphatic carbocycles. The van der Waals surface area contributed by atoms with Crippen LogP contribution in [0.25, 0.3) is 0 Å². The van der Waals surface area contributed by atoms with E-state index < -0.39 is 11.5 Å². The number of carboxylic acids is 1. The Morgan fingerprint density at radius 3 is 2.47 bits per heavy atom. The number of carbonyl (C=O) groups is 2. The average Bonchev–Trinajstić information content (AvgIpc) is 2.87. The Labute approximate surface area is 108 Å². The van der Waals surface area contributed by atoms with E-state index in [9.17, 15) is 14.7 Å². The maximum atomic E-state index is 11.9. The minimum absolute atomic E-state index is 0.355. The standard InChI is InChI=1S/C11H12ClNO3S/c12-8-4-3-7(17-8)9(14)13-11(10(15)16)5-1-2-6-11/h3-4H,1-2,5-6H2,(H,13,14)(H,15,16). The number of hydrogen-bond acceptors (Lipinski definition) is 3. The predicted octanol–water partition coefficient (Wildman–Crippen LogP) is 2.53. The normalized spacial score (nSPS) is 17.9. The highest BCUT2D eigenvalue weighted by atomic mass is 35.5. The SMILES string of the molecule is O=C(NC1(C(=O)O)CCCC1)c1ccc(Cl)s1. The van der Waals surface area contributed by atoms with Crippen LogP contribution >= 0.6 is 22.9 Å². The molecule has 2 N–H and O–H groups in total. The Balaban J connectivity index is 2.14. The first-order chi connectivity index (χ1) is 8.03. The molecule has 0 saturated heterocycles. The molecule has 1 aliphatic rings. The van der Waals surface area contributed by atoms with Crippen molar-refractivity contribution in [3.63, 3.8) is 0 Å². The van der Waals surface area contributed by atoms with Gasteiger partial charge in [0.15, 0.2) is 0 Å². The van der Waals surface area contributed by atoms with Gasteiger partial charge in [0.1, 0.15) is 5.54 Å². The van der Waals surface area contributed by atoms with Crippen molar-refractivity contribution in [2.45, 2.75) is 31.2 Å². The second-order valence-corrected chi connectivity index (χ2v) is 5.87. The van der Waals surface area contributed by atoms with Gasteiger partial charge in [-0.05, 0) is 25.0 Å². The first-order valence-corrected chi connectivity index (χ1v) is 6.54. The van der Waals surface area contributed by atoms with E-state index in [1.807, 2.05) is 0 Å². The number of carboxylic acid groups (broad SMARTS) is 1. The van der Waals surface area contributed by atoms with Crippen LogP contribution < -0.4 is 5.32 Å². The number of hydrogen-bond donors (Lipinski definition) is 2. The fourth-order valence-electron chi connectivity index (χ4n) is 2.09. The molecule has 1 aromatic rings. The molecule has 17 heavy (non-hydrogen) atoms. The lowest BCUT2D eigenvalue weighted by atomic mass is 9.98. The summed E-state index contributed by atoms with van der Waals surface area (Å²) in [5.41, 5.74) is -1.09. The van der Waals surface area contributed by atoms with Gasteiger partial charge in [-0.3, -0.25) is 4.79 Å². The van der Waals surface area contributed by atoms with Crippen molar-refractivity contribution in [3.05, 3.63) is 21.3 Å². The summed E-state index contributed by atoms with van der Waals surface area (Å²) >= 11 is 6.89. The van der Waals surface area contributed by atoms with Crippen LogP contribution in [0.15, 0.2) is 12.1 Å². The molecule has 1 amide bonds. The summed E-state index contributed by atoms with van der Waals surface area (Å²) in [6.07, 6.45) is 2.65. The molecule has 0 unspecified atom stereocenters. The molecule has 0 bridgehead atoms. The van der Waals surface area contributed by atoms with E-state index in [4.69, 9.17) is 11.6 Å². The zero-order valence-electron chi connectivity index (χ0n) is 9.03. The van der Waals surface area contributed by atoms with Crippen LogP contribution in [0.3, 0.4) is 0 Å². The molecular formula is C11H12ClNO3S. The van der Waals surface area contributed by atoms with Crippen LogP contribution in [0.1, 0.15) is 35.4 Å². The van der Waals surface area contributed by atoms with Crippen molar-refractivity contribution >= 4 is 34.8 Å². The summed E-state index contributed by atoms with van der Waals surface area (Å²) in [5.74, 6) is -1.31. The molecule has 0 spiro atoms. The van der Waals surface area contributed by atoms with E-state index in [1.54, 1.807) is 12.1 Å². The first kappa shape index (κ1) is 12.4. The zero-order chi connectivity index (χ0) is 12.5. The zero-order valence-corrected chi connectivity index (χ0v) is 10.6. The number of aliphatic carboxylic acids is 1. The lowest BCUT2D eigenvalue weighted by Crippen LogP contribution is -2.52. The van der Waals surface area contributed by atoms with E-state index in [0.29, 0.717) is 22.1 Å². The molecule has 0 aromatic carbocycles. The fraction of sp³-hybridized carbons (Fsp3) is 0.455. The monoisotopic (exact) mass is 273 g/mol. The third-order valence-corrected chi connectivity index (χ3v) is 4.25. The highest BCUT2D eigenvalue weighted by Crippen LogP contribution is 2.31. The highest BCUT2D eigenvalue weighted by Gasteiger charge is 2.42. The van der Waals surface area contributed by atoms with E-state index in [1.165, 1.54) is 0 Å². The number of halogens is 1. The number of thiophene rings is 1. The second-order valence-electron chi connectivity index (χ2n) is 4.15. The Kier molecular flexibility index (Phi) is 3.40. The van der Waals surface area contributed by atoms with Crippen molar-refractivity contribution in [2.24, 2.45) is 0 Å². The van der Waals surface area contributed by atoms with Gasteiger partial charge < -0.3 is 10.4 Å². The van der Waals surface area contributed by atoms with Crippen LogP contribution in [0.5, 0.6) is 0 Å². The molecule has 4 nitrogen and oxygen atoms in total. The molecule has 0 atom stereocenters. The van der Waals surface area contributed by atoms with Crippen molar-refractivity contribution in [1.29, 1.82) is 0 Å². The molecule has 2 rings (SSSR count). The van der Waals surface area contributed by atoms with Gasteiger partial charge in [0.25, 0.3) is 5.91 Å². The number of nitrogens with one attached hydrogen (secondary N) is 1. The molecule has 92 valence electrons. The molecule has 0 radical (unpaired) electrons. The van der Waals surface area contributed by atoms with Crippen LogP contribution in [-0.4, -0.2) is 22.5 Å². The van der Waals surface area contributed by atoms with Crippen molar-refractivity contribution in [2.75, 3.05) is 0 Å². The third kappa shape index (κ3) is 2.45. The van der Waals surface area contributed by atoms with Crippen molar-refractivity contribution in [1.82, 2.24) is 5.32 Å². The van der Waals surface area contributed by atoms with Gasteiger partial charge >= 0.3 is 5.97 Å². The first-order valence-electron chi connectivity index (χ1n) is 5.35. The van der Waals surface area contributed by atoms with E-state index in [2.05, 4.69) is 5.32 Å². The smallest absolute Gasteiger partial charge is 0.329 e. The third-order valence-electron chi connectivity index (χ3n) is 3.02. The van der Waals surface area contributed by atoms with Gasteiger partial charge in [0.2, 0.25) is 0 Å². The predicted molar refractivity (Wildman–Crippen MR) is 65.6 cm³/mol. The van der Waals surface area contributed by atoms with E-state index in [-0.39, 0.29) is 5.91 Å². The Hall–Kier alpha value is -1.07. The topological polar surface area (TPSA) is 66.4 Å². The van der Waals surface area contributed by atoms with Crippen LogP contribution in [0.4, 0.5) is 0 Å². The molecule has 0 aliphatic heterocycles. The van der Waals surface area contributed by atoms with Gasteiger partial charge in [-0.25, -0.2) is 4.79 Å². The van der Waals surface area contributed by atoms with Crippen LogP contribution in [-0.2, 0) is 4.79 Å². The summed E-state index contributed by atoms with van der Waals surface area (Å²) in [6, 6.07) is 3.23. The molecule has 1 saturated carbocycles. The number of amides is 1.